The molecule has 1 heterocycles. The third-order valence-electron chi connectivity index (χ3n) is 6.71. The third-order valence-corrected chi connectivity index (χ3v) is 6.71. The van der Waals surface area contributed by atoms with Gasteiger partial charge in [0.25, 0.3) is 0 Å². The van der Waals surface area contributed by atoms with Crippen molar-refractivity contribution >= 4 is 17.6 Å². The number of amides is 1. The zero-order chi connectivity index (χ0) is 23.8. The van der Waals surface area contributed by atoms with E-state index in [2.05, 4.69) is 6.92 Å². The van der Waals surface area contributed by atoms with Gasteiger partial charge >= 0.3 is 5.97 Å². The summed E-state index contributed by atoms with van der Waals surface area (Å²) in [4.78, 5) is 24.3. The second kappa shape index (κ2) is 12.1. The molecule has 0 radical (unpaired) electrons. The summed E-state index contributed by atoms with van der Waals surface area (Å²) < 4.78 is 11.6. The number of hydrazone groups is 1. The van der Waals surface area contributed by atoms with Crippen LogP contribution in [-0.4, -0.2) is 47.0 Å². The highest BCUT2D eigenvalue weighted by Gasteiger charge is 2.42. The molecule has 3 atom stereocenters. The first-order chi connectivity index (χ1) is 16.0. The molecule has 1 N–H and O–H groups in total. The van der Waals surface area contributed by atoms with Crippen LogP contribution in [0.25, 0.3) is 0 Å². The van der Waals surface area contributed by atoms with Crippen LogP contribution in [0.1, 0.15) is 84.1 Å². The molecular weight excluding hydrogens is 420 g/mol. The van der Waals surface area contributed by atoms with Crippen LogP contribution in [0.3, 0.4) is 0 Å². The summed E-state index contributed by atoms with van der Waals surface area (Å²) in [5.74, 6) is 0.863. The fourth-order valence-electron chi connectivity index (χ4n) is 5.06. The van der Waals surface area contributed by atoms with Crippen molar-refractivity contribution in [3.8, 4) is 11.5 Å². The first-order valence-electron chi connectivity index (χ1n) is 12.5. The van der Waals surface area contributed by atoms with Crippen LogP contribution in [0.4, 0.5) is 0 Å². The Morgan fingerprint density at radius 2 is 1.79 bits per heavy atom. The van der Waals surface area contributed by atoms with Gasteiger partial charge in [0, 0.05) is 23.8 Å². The molecule has 7 heteroatoms. The minimum absolute atomic E-state index is 0.0155. The highest BCUT2D eigenvalue weighted by molar-refractivity contribution is 6.07. The monoisotopic (exact) mass is 458 g/mol. The van der Waals surface area contributed by atoms with Crippen LogP contribution in [0.15, 0.2) is 23.3 Å². The molecule has 7 nitrogen and oxygen atoms in total. The van der Waals surface area contributed by atoms with Crippen molar-refractivity contribution in [1.29, 1.82) is 0 Å². The van der Waals surface area contributed by atoms with Gasteiger partial charge in [-0.2, -0.15) is 5.10 Å². The number of fused-ring (bicyclic) bond motifs is 1. The Labute approximate surface area is 197 Å². The van der Waals surface area contributed by atoms with Crippen molar-refractivity contribution in [3.63, 3.8) is 0 Å². The lowest BCUT2D eigenvalue weighted by atomic mass is 9.73. The Bertz CT molecular complexity index is 853. The molecule has 0 bridgehead atoms. The first kappa shape index (κ1) is 25.1. The maximum Gasteiger partial charge on any atom is 0.303 e. The third kappa shape index (κ3) is 6.06. The van der Waals surface area contributed by atoms with Gasteiger partial charge < -0.3 is 14.6 Å². The van der Waals surface area contributed by atoms with Crippen molar-refractivity contribution in [1.82, 2.24) is 5.01 Å². The van der Waals surface area contributed by atoms with E-state index in [0.29, 0.717) is 25.4 Å². The molecule has 3 rings (SSSR count). The van der Waals surface area contributed by atoms with E-state index in [1.54, 1.807) is 5.01 Å². The van der Waals surface area contributed by atoms with Crippen molar-refractivity contribution in [2.45, 2.75) is 84.6 Å². The van der Waals surface area contributed by atoms with E-state index in [1.165, 1.54) is 0 Å². The molecular formula is C26H38N2O5. The van der Waals surface area contributed by atoms with Crippen molar-refractivity contribution < 1.29 is 24.2 Å². The predicted octanol–water partition coefficient (Wildman–Crippen LogP) is 5.26. The number of rotatable bonds is 12. The Balaban J connectivity index is 1.92. The quantitative estimate of drug-likeness (QED) is 0.432. The number of carbonyl (C=O) groups is 2. The van der Waals surface area contributed by atoms with Gasteiger partial charge in [-0.15, -0.1) is 0 Å². The van der Waals surface area contributed by atoms with E-state index in [-0.39, 0.29) is 30.2 Å². The van der Waals surface area contributed by atoms with Gasteiger partial charge in [0.2, 0.25) is 5.91 Å². The minimum Gasteiger partial charge on any atom is -0.490 e. The number of carboxylic acids is 1. The Morgan fingerprint density at radius 3 is 2.45 bits per heavy atom. The van der Waals surface area contributed by atoms with Gasteiger partial charge in [-0.3, -0.25) is 9.59 Å². The van der Waals surface area contributed by atoms with E-state index in [1.807, 2.05) is 32.0 Å². The topological polar surface area (TPSA) is 88.4 Å². The molecule has 2 aliphatic rings. The largest absolute Gasteiger partial charge is 0.490 e. The molecule has 0 spiro atoms. The molecule has 0 aromatic heterocycles. The minimum atomic E-state index is -0.775. The van der Waals surface area contributed by atoms with Gasteiger partial charge in [0.1, 0.15) is 0 Å². The summed E-state index contributed by atoms with van der Waals surface area (Å²) >= 11 is 0. The van der Waals surface area contributed by atoms with Crippen LogP contribution in [-0.2, 0) is 9.59 Å². The lowest BCUT2D eigenvalue weighted by Crippen LogP contribution is -2.49. The van der Waals surface area contributed by atoms with Crippen LogP contribution < -0.4 is 9.47 Å². The number of nitrogens with zero attached hydrogens (tertiary/aromatic N) is 2. The maximum atomic E-state index is 13.5. The number of hydrogen-bond acceptors (Lipinski definition) is 5. The molecule has 1 aromatic carbocycles. The Kier molecular flexibility index (Phi) is 9.15. The summed E-state index contributed by atoms with van der Waals surface area (Å²) in [6, 6.07) is 5.95. The van der Waals surface area contributed by atoms with Crippen LogP contribution >= 0.6 is 0 Å². The lowest BCUT2D eigenvalue weighted by molar-refractivity contribution is -0.142. The number of unbranched alkanes of at least 4 members (excludes halogenated alkanes) is 1. The lowest BCUT2D eigenvalue weighted by Gasteiger charge is -2.41. The normalized spacial score (nSPS) is 21.2. The van der Waals surface area contributed by atoms with Gasteiger partial charge in [0.15, 0.2) is 11.5 Å². The van der Waals surface area contributed by atoms with Gasteiger partial charge in [-0.25, -0.2) is 5.01 Å². The molecule has 1 aliphatic heterocycles. The molecule has 0 saturated heterocycles. The van der Waals surface area contributed by atoms with Gasteiger partial charge in [0.05, 0.1) is 25.0 Å². The van der Waals surface area contributed by atoms with Gasteiger partial charge in [-0.1, -0.05) is 26.2 Å². The maximum absolute atomic E-state index is 13.5. The zero-order valence-electron chi connectivity index (χ0n) is 20.2. The van der Waals surface area contributed by atoms with Crippen molar-refractivity contribution in [2.24, 2.45) is 16.9 Å². The summed E-state index contributed by atoms with van der Waals surface area (Å²) in [6.45, 7) is 7.08. The molecule has 1 amide bonds. The molecule has 1 saturated carbocycles. The average Bonchev–Trinajstić information content (AvgIpc) is 2.81. The summed E-state index contributed by atoms with van der Waals surface area (Å²) in [6.07, 6.45) is 7.14. The number of ether oxygens (including phenoxy) is 2. The standard InChI is InChI=1S/C26H38N2O5/c1-4-19(11-7-10-14-24(29)30)28-26(31)21-13-9-8-12-20(21)25(27-28)18-15-16-22(32-5-2)23(17-18)33-6-3/h15-17,19-21H,4-14H2,1-3H3,(H,29,30)/t19?,20-,21+/m1/s1. The summed E-state index contributed by atoms with van der Waals surface area (Å²) in [7, 11) is 0. The number of carbonyl (C=O) groups excluding carboxylic acids is 1. The molecule has 182 valence electrons. The number of benzene rings is 1. The van der Waals surface area contributed by atoms with E-state index in [4.69, 9.17) is 19.7 Å². The second-order valence-electron chi connectivity index (χ2n) is 8.89. The molecule has 1 aliphatic carbocycles. The fraction of sp³-hybridized carbons (Fsp3) is 0.654. The number of hydrogen-bond donors (Lipinski definition) is 1. The van der Waals surface area contributed by atoms with Crippen LogP contribution in [0.2, 0.25) is 0 Å². The number of carboxylic acid groups (broad SMARTS) is 1. The summed E-state index contributed by atoms with van der Waals surface area (Å²) in [5, 5.41) is 15.6. The SMILES string of the molecule is CCOc1ccc(C2=NN(C(CC)CCCCC(=O)O)C(=O)[C@H]3CCCC[C@@H]23)cc1OCC. The van der Waals surface area contributed by atoms with E-state index in [0.717, 1.165) is 62.0 Å². The fourth-order valence-corrected chi connectivity index (χ4v) is 5.06. The second-order valence-corrected chi connectivity index (χ2v) is 8.89. The molecule has 1 aromatic rings. The van der Waals surface area contributed by atoms with E-state index in [9.17, 15) is 9.59 Å². The van der Waals surface area contributed by atoms with Crippen LogP contribution in [0.5, 0.6) is 11.5 Å². The van der Waals surface area contributed by atoms with Crippen molar-refractivity contribution in [2.75, 3.05) is 13.2 Å². The molecule has 33 heavy (non-hydrogen) atoms. The first-order valence-corrected chi connectivity index (χ1v) is 12.5. The zero-order valence-corrected chi connectivity index (χ0v) is 20.2. The van der Waals surface area contributed by atoms with E-state index < -0.39 is 5.97 Å². The molecule has 1 fully saturated rings. The Morgan fingerprint density at radius 1 is 1.09 bits per heavy atom. The average molecular weight is 459 g/mol. The summed E-state index contributed by atoms with van der Waals surface area (Å²) in [5.41, 5.74) is 1.95. The highest BCUT2D eigenvalue weighted by atomic mass is 16.5. The van der Waals surface area contributed by atoms with Gasteiger partial charge in [-0.05, 0) is 64.2 Å². The van der Waals surface area contributed by atoms with Crippen LogP contribution in [0, 0.1) is 11.8 Å². The molecule has 1 unspecified atom stereocenters. The predicted molar refractivity (Wildman–Crippen MR) is 128 cm³/mol. The van der Waals surface area contributed by atoms with E-state index >= 15 is 0 Å². The number of aliphatic carboxylic acids is 1. The Hall–Kier alpha value is -2.57. The smallest absolute Gasteiger partial charge is 0.303 e. The van der Waals surface area contributed by atoms with Crippen molar-refractivity contribution in [3.05, 3.63) is 23.8 Å². The highest BCUT2D eigenvalue weighted by Crippen LogP contribution is 2.40.